The Hall–Kier alpha value is -3.40. The van der Waals surface area contributed by atoms with Crippen molar-refractivity contribution < 1.29 is 9.59 Å². The lowest BCUT2D eigenvalue weighted by molar-refractivity contribution is -0.116. The van der Waals surface area contributed by atoms with Crippen LogP contribution in [0.2, 0.25) is 0 Å². The number of hydrogen-bond acceptors (Lipinski definition) is 2. The van der Waals surface area contributed by atoms with Gasteiger partial charge in [0.15, 0.2) is 0 Å². The van der Waals surface area contributed by atoms with Crippen molar-refractivity contribution >= 4 is 17.5 Å². The van der Waals surface area contributed by atoms with Crippen molar-refractivity contribution in [1.82, 2.24) is 5.32 Å². The van der Waals surface area contributed by atoms with Crippen molar-refractivity contribution in [2.45, 2.75) is 45.4 Å². The van der Waals surface area contributed by atoms with Crippen LogP contribution in [0.5, 0.6) is 0 Å². The molecule has 0 aliphatic carbocycles. The summed E-state index contributed by atoms with van der Waals surface area (Å²) in [5.74, 6) is -0.288. The molecule has 0 saturated heterocycles. The highest BCUT2D eigenvalue weighted by molar-refractivity contribution is 6.03. The monoisotopic (exact) mass is 428 g/mol. The molecule has 0 aliphatic rings. The van der Waals surface area contributed by atoms with Crippen molar-refractivity contribution in [2.24, 2.45) is 0 Å². The van der Waals surface area contributed by atoms with Crippen LogP contribution in [0.3, 0.4) is 0 Å². The van der Waals surface area contributed by atoms with Gasteiger partial charge in [0.2, 0.25) is 5.91 Å². The van der Waals surface area contributed by atoms with E-state index in [0.717, 1.165) is 12.0 Å². The minimum atomic E-state index is -0.186. The van der Waals surface area contributed by atoms with Gasteiger partial charge in [0.05, 0.1) is 11.3 Å². The first-order valence-electron chi connectivity index (χ1n) is 11.1. The number of amides is 2. The summed E-state index contributed by atoms with van der Waals surface area (Å²) in [6.07, 6.45) is 1.77. The predicted molar refractivity (Wildman–Crippen MR) is 131 cm³/mol. The SMILES string of the molecule is CC(C)(C)c1ccc(CCC(=O)Nc2ccccc2C(=O)NCCc2ccccc2)cc1. The minimum absolute atomic E-state index is 0.102. The molecular formula is C28H32N2O2. The molecule has 0 bridgehead atoms. The highest BCUT2D eigenvalue weighted by Crippen LogP contribution is 2.22. The van der Waals surface area contributed by atoms with E-state index in [2.05, 4.69) is 55.7 Å². The van der Waals surface area contributed by atoms with E-state index in [0.29, 0.717) is 30.6 Å². The maximum absolute atomic E-state index is 12.7. The number of carbonyl (C=O) groups is 2. The van der Waals surface area contributed by atoms with Crippen LogP contribution in [0.1, 0.15) is 54.2 Å². The van der Waals surface area contributed by atoms with Gasteiger partial charge in [-0.15, -0.1) is 0 Å². The Kier molecular flexibility index (Phi) is 7.82. The summed E-state index contributed by atoms with van der Waals surface area (Å²) in [6.45, 7) is 7.09. The molecule has 0 spiro atoms. The van der Waals surface area contributed by atoms with E-state index in [1.54, 1.807) is 18.2 Å². The third kappa shape index (κ3) is 6.81. The van der Waals surface area contributed by atoms with Crippen LogP contribution in [-0.4, -0.2) is 18.4 Å². The maximum Gasteiger partial charge on any atom is 0.253 e. The molecule has 3 aromatic carbocycles. The standard InChI is InChI=1S/C28H32N2O2/c1-28(2,3)23-16-13-22(14-17-23)15-18-26(31)30-25-12-8-7-11-24(25)27(32)29-20-19-21-9-5-4-6-10-21/h4-14,16-17H,15,18-20H2,1-3H3,(H,29,32)(H,30,31). The first-order valence-corrected chi connectivity index (χ1v) is 11.1. The normalized spacial score (nSPS) is 11.1. The first-order chi connectivity index (χ1) is 15.3. The molecular weight excluding hydrogens is 396 g/mol. The second-order valence-corrected chi connectivity index (χ2v) is 9.03. The molecule has 0 heterocycles. The zero-order valence-corrected chi connectivity index (χ0v) is 19.2. The number of para-hydroxylation sites is 1. The molecule has 0 aliphatic heterocycles. The van der Waals surface area contributed by atoms with Gasteiger partial charge in [-0.1, -0.05) is 87.5 Å². The Morgan fingerprint density at radius 1 is 0.750 bits per heavy atom. The Bertz CT molecular complexity index is 1040. The number of carbonyl (C=O) groups excluding carboxylic acids is 2. The second kappa shape index (κ2) is 10.8. The summed E-state index contributed by atoms with van der Waals surface area (Å²) in [4.78, 5) is 25.2. The van der Waals surface area contributed by atoms with E-state index < -0.39 is 0 Å². The first kappa shape index (κ1) is 23.3. The van der Waals surface area contributed by atoms with Gasteiger partial charge in [-0.25, -0.2) is 0 Å². The van der Waals surface area contributed by atoms with Gasteiger partial charge in [0, 0.05) is 13.0 Å². The van der Waals surface area contributed by atoms with Gasteiger partial charge in [0.25, 0.3) is 5.91 Å². The second-order valence-electron chi connectivity index (χ2n) is 9.03. The molecule has 0 radical (unpaired) electrons. The summed E-state index contributed by atoms with van der Waals surface area (Å²) >= 11 is 0. The van der Waals surface area contributed by atoms with Crippen LogP contribution in [0.4, 0.5) is 5.69 Å². The molecule has 3 aromatic rings. The van der Waals surface area contributed by atoms with E-state index in [1.807, 2.05) is 36.4 Å². The van der Waals surface area contributed by atoms with Crippen molar-refractivity contribution in [3.8, 4) is 0 Å². The molecule has 4 heteroatoms. The maximum atomic E-state index is 12.7. The zero-order chi connectivity index (χ0) is 23.0. The van der Waals surface area contributed by atoms with Crippen molar-refractivity contribution in [2.75, 3.05) is 11.9 Å². The van der Waals surface area contributed by atoms with Gasteiger partial charge in [-0.05, 0) is 47.1 Å². The van der Waals surface area contributed by atoms with Gasteiger partial charge in [-0.3, -0.25) is 9.59 Å². The molecule has 0 unspecified atom stereocenters. The van der Waals surface area contributed by atoms with E-state index >= 15 is 0 Å². The molecule has 166 valence electrons. The number of rotatable bonds is 8. The lowest BCUT2D eigenvalue weighted by Gasteiger charge is -2.19. The summed E-state index contributed by atoms with van der Waals surface area (Å²) < 4.78 is 0. The van der Waals surface area contributed by atoms with E-state index in [4.69, 9.17) is 0 Å². The van der Waals surface area contributed by atoms with E-state index in [1.165, 1.54) is 11.1 Å². The van der Waals surface area contributed by atoms with Crippen LogP contribution in [0.25, 0.3) is 0 Å². The van der Waals surface area contributed by atoms with Crippen molar-refractivity contribution in [3.05, 3.63) is 101 Å². The molecule has 0 fully saturated rings. The van der Waals surface area contributed by atoms with Crippen LogP contribution >= 0.6 is 0 Å². The molecule has 0 aromatic heterocycles. The summed E-state index contributed by atoms with van der Waals surface area (Å²) in [7, 11) is 0. The fourth-order valence-electron chi connectivity index (χ4n) is 3.49. The van der Waals surface area contributed by atoms with Gasteiger partial charge in [-0.2, -0.15) is 0 Å². The number of anilines is 1. The minimum Gasteiger partial charge on any atom is -0.352 e. The topological polar surface area (TPSA) is 58.2 Å². The summed E-state index contributed by atoms with van der Waals surface area (Å²) in [5, 5.41) is 5.85. The van der Waals surface area contributed by atoms with E-state index in [9.17, 15) is 9.59 Å². The zero-order valence-electron chi connectivity index (χ0n) is 19.2. The predicted octanol–water partition coefficient (Wildman–Crippen LogP) is 5.53. The van der Waals surface area contributed by atoms with E-state index in [-0.39, 0.29) is 17.2 Å². The highest BCUT2D eigenvalue weighted by Gasteiger charge is 2.14. The number of aryl methyl sites for hydroxylation is 1. The Labute approximate surface area is 191 Å². The molecule has 0 atom stereocenters. The third-order valence-electron chi connectivity index (χ3n) is 5.45. The highest BCUT2D eigenvalue weighted by atomic mass is 16.2. The number of nitrogens with one attached hydrogen (secondary N) is 2. The Morgan fingerprint density at radius 2 is 1.38 bits per heavy atom. The smallest absolute Gasteiger partial charge is 0.253 e. The molecule has 3 rings (SSSR count). The van der Waals surface area contributed by atoms with Crippen LogP contribution in [-0.2, 0) is 23.1 Å². The fraction of sp³-hybridized carbons (Fsp3) is 0.286. The molecule has 32 heavy (non-hydrogen) atoms. The van der Waals surface area contributed by atoms with Gasteiger partial charge < -0.3 is 10.6 Å². The number of benzene rings is 3. The van der Waals surface area contributed by atoms with Crippen LogP contribution in [0, 0.1) is 0 Å². The van der Waals surface area contributed by atoms with Gasteiger partial charge in [0.1, 0.15) is 0 Å². The fourth-order valence-corrected chi connectivity index (χ4v) is 3.49. The third-order valence-corrected chi connectivity index (χ3v) is 5.45. The average molecular weight is 429 g/mol. The average Bonchev–Trinajstić information content (AvgIpc) is 2.78. The lowest BCUT2D eigenvalue weighted by atomic mass is 9.86. The van der Waals surface area contributed by atoms with Crippen LogP contribution < -0.4 is 10.6 Å². The van der Waals surface area contributed by atoms with Crippen molar-refractivity contribution in [1.29, 1.82) is 0 Å². The van der Waals surface area contributed by atoms with Gasteiger partial charge >= 0.3 is 0 Å². The molecule has 2 amide bonds. The summed E-state index contributed by atoms with van der Waals surface area (Å²) in [5.41, 5.74) is 4.70. The Morgan fingerprint density at radius 3 is 2.06 bits per heavy atom. The molecule has 2 N–H and O–H groups in total. The summed E-state index contributed by atoms with van der Waals surface area (Å²) in [6, 6.07) is 25.6. The number of hydrogen-bond donors (Lipinski definition) is 2. The largest absolute Gasteiger partial charge is 0.352 e. The molecule has 4 nitrogen and oxygen atoms in total. The quantitative estimate of drug-likeness (QED) is 0.496. The lowest BCUT2D eigenvalue weighted by Crippen LogP contribution is -2.27. The molecule has 0 saturated carbocycles. The van der Waals surface area contributed by atoms with Crippen molar-refractivity contribution in [3.63, 3.8) is 0 Å². The van der Waals surface area contributed by atoms with Crippen LogP contribution in [0.15, 0.2) is 78.9 Å². The Balaban J connectivity index is 1.53.